The molecule has 0 bridgehead atoms. The van der Waals surface area contributed by atoms with Gasteiger partial charge in [0.15, 0.2) is 6.61 Å². The highest BCUT2D eigenvalue weighted by molar-refractivity contribution is 5.82. The third kappa shape index (κ3) is 4.44. The standard InChI is InChI=1S/C18H22N2O4/c1-12(2)19-17(22)11-24-18(23)10-16-15-7-5-4-6-14(15)8-9-20(16)13(3)21/h4-9,12,16H,10-11H2,1-3H3,(H,19,22)/t16-/m1/s1. The van der Waals surface area contributed by atoms with Crippen LogP contribution in [0.2, 0.25) is 0 Å². The first-order valence-corrected chi connectivity index (χ1v) is 7.89. The maximum Gasteiger partial charge on any atom is 0.308 e. The molecule has 0 spiro atoms. The van der Waals surface area contributed by atoms with Crippen molar-refractivity contribution in [3.63, 3.8) is 0 Å². The molecule has 0 saturated heterocycles. The molecule has 1 aromatic rings. The lowest BCUT2D eigenvalue weighted by Crippen LogP contribution is -2.35. The Bertz CT molecular complexity index is 667. The lowest BCUT2D eigenvalue weighted by atomic mass is 9.94. The molecule has 1 aliphatic heterocycles. The fraction of sp³-hybridized carbons (Fsp3) is 0.389. The van der Waals surface area contributed by atoms with Crippen LogP contribution in [0.15, 0.2) is 30.5 Å². The predicted molar refractivity (Wildman–Crippen MR) is 89.6 cm³/mol. The van der Waals surface area contributed by atoms with Gasteiger partial charge >= 0.3 is 5.97 Å². The molecule has 1 aliphatic rings. The van der Waals surface area contributed by atoms with Crippen molar-refractivity contribution in [2.24, 2.45) is 0 Å². The molecule has 6 nitrogen and oxygen atoms in total. The molecule has 128 valence electrons. The number of hydrogen-bond donors (Lipinski definition) is 1. The fourth-order valence-electron chi connectivity index (χ4n) is 2.64. The van der Waals surface area contributed by atoms with Gasteiger partial charge in [0, 0.05) is 19.2 Å². The number of amides is 2. The molecule has 2 amide bonds. The summed E-state index contributed by atoms with van der Waals surface area (Å²) in [5.41, 5.74) is 1.85. The van der Waals surface area contributed by atoms with Crippen LogP contribution < -0.4 is 5.32 Å². The van der Waals surface area contributed by atoms with Gasteiger partial charge in [-0.15, -0.1) is 0 Å². The van der Waals surface area contributed by atoms with Crippen molar-refractivity contribution in [2.75, 3.05) is 6.61 Å². The summed E-state index contributed by atoms with van der Waals surface area (Å²) in [6.45, 7) is 4.79. The number of esters is 1. The third-order valence-electron chi connectivity index (χ3n) is 3.64. The minimum absolute atomic E-state index is 0.00408. The Kier molecular flexibility index (Phi) is 5.73. The minimum Gasteiger partial charge on any atom is -0.456 e. The van der Waals surface area contributed by atoms with Crippen LogP contribution in [0.1, 0.15) is 44.4 Å². The zero-order valence-electron chi connectivity index (χ0n) is 14.1. The summed E-state index contributed by atoms with van der Waals surface area (Å²) in [7, 11) is 0. The Morgan fingerprint density at radius 3 is 2.62 bits per heavy atom. The number of ether oxygens (including phenoxy) is 1. The molecule has 24 heavy (non-hydrogen) atoms. The summed E-state index contributed by atoms with van der Waals surface area (Å²) in [6.07, 6.45) is 3.51. The maximum absolute atomic E-state index is 12.1. The normalized spacial score (nSPS) is 15.8. The van der Waals surface area contributed by atoms with E-state index in [9.17, 15) is 14.4 Å². The second-order valence-corrected chi connectivity index (χ2v) is 5.97. The fourth-order valence-corrected chi connectivity index (χ4v) is 2.64. The SMILES string of the molecule is CC(=O)N1C=Cc2ccccc2[C@H]1CC(=O)OCC(=O)NC(C)C. The van der Waals surface area contributed by atoms with E-state index < -0.39 is 12.0 Å². The van der Waals surface area contributed by atoms with E-state index in [1.54, 1.807) is 6.20 Å². The monoisotopic (exact) mass is 330 g/mol. The molecule has 0 aromatic heterocycles. The van der Waals surface area contributed by atoms with Gasteiger partial charge in [-0.2, -0.15) is 0 Å². The maximum atomic E-state index is 12.1. The molecule has 0 saturated carbocycles. The van der Waals surface area contributed by atoms with Crippen LogP contribution in [-0.2, 0) is 19.1 Å². The molecule has 0 unspecified atom stereocenters. The lowest BCUT2D eigenvalue weighted by molar-refractivity contribution is -0.150. The molecule has 2 rings (SSSR count). The van der Waals surface area contributed by atoms with Crippen LogP contribution in [0.3, 0.4) is 0 Å². The van der Waals surface area contributed by atoms with Crippen molar-refractivity contribution in [1.82, 2.24) is 10.2 Å². The summed E-state index contributed by atoms with van der Waals surface area (Å²) >= 11 is 0. The van der Waals surface area contributed by atoms with Gasteiger partial charge in [0.25, 0.3) is 5.91 Å². The third-order valence-corrected chi connectivity index (χ3v) is 3.64. The highest BCUT2D eigenvalue weighted by Gasteiger charge is 2.28. The van der Waals surface area contributed by atoms with Crippen molar-refractivity contribution in [1.29, 1.82) is 0 Å². The minimum atomic E-state index is -0.518. The molecule has 0 fully saturated rings. The predicted octanol–water partition coefficient (Wildman–Crippen LogP) is 2.02. The second-order valence-electron chi connectivity index (χ2n) is 5.97. The molecule has 1 aromatic carbocycles. The average molecular weight is 330 g/mol. The van der Waals surface area contributed by atoms with Gasteiger partial charge in [-0.05, 0) is 31.1 Å². The van der Waals surface area contributed by atoms with Gasteiger partial charge in [-0.25, -0.2) is 0 Å². The summed E-state index contributed by atoms with van der Waals surface area (Å²) in [6, 6.07) is 7.14. The Morgan fingerprint density at radius 2 is 1.96 bits per heavy atom. The van der Waals surface area contributed by atoms with E-state index in [1.165, 1.54) is 11.8 Å². The van der Waals surface area contributed by atoms with Crippen LogP contribution >= 0.6 is 0 Å². The molecular weight excluding hydrogens is 308 g/mol. The number of fused-ring (bicyclic) bond motifs is 1. The van der Waals surface area contributed by atoms with Gasteiger partial charge in [-0.3, -0.25) is 14.4 Å². The van der Waals surface area contributed by atoms with Crippen molar-refractivity contribution in [2.45, 2.75) is 39.3 Å². The van der Waals surface area contributed by atoms with E-state index >= 15 is 0 Å². The molecule has 1 atom stereocenters. The Labute approximate surface area is 141 Å². The van der Waals surface area contributed by atoms with Gasteiger partial charge < -0.3 is 15.0 Å². The number of carbonyl (C=O) groups excluding carboxylic acids is 3. The van der Waals surface area contributed by atoms with Crippen molar-refractivity contribution in [3.8, 4) is 0 Å². The lowest BCUT2D eigenvalue weighted by Gasteiger charge is -2.32. The Morgan fingerprint density at radius 1 is 1.25 bits per heavy atom. The zero-order chi connectivity index (χ0) is 17.7. The van der Waals surface area contributed by atoms with Gasteiger partial charge in [-0.1, -0.05) is 24.3 Å². The molecule has 1 heterocycles. The number of hydrogen-bond acceptors (Lipinski definition) is 4. The summed E-state index contributed by atoms with van der Waals surface area (Å²) in [5, 5.41) is 2.65. The van der Waals surface area contributed by atoms with Crippen LogP contribution in [0.4, 0.5) is 0 Å². The van der Waals surface area contributed by atoms with E-state index in [2.05, 4.69) is 5.32 Å². The number of carbonyl (C=O) groups is 3. The number of nitrogens with one attached hydrogen (secondary N) is 1. The van der Waals surface area contributed by atoms with Gasteiger partial charge in [0.2, 0.25) is 5.91 Å². The van der Waals surface area contributed by atoms with E-state index in [4.69, 9.17) is 4.74 Å². The van der Waals surface area contributed by atoms with Crippen molar-refractivity contribution >= 4 is 23.9 Å². The first-order chi connectivity index (χ1) is 11.4. The molecule has 1 N–H and O–H groups in total. The van der Waals surface area contributed by atoms with Crippen LogP contribution in [0.5, 0.6) is 0 Å². The number of rotatable bonds is 5. The van der Waals surface area contributed by atoms with Gasteiger partial charge in [0.05, 0.1) is 12.5 Å². The first kappa shape index (κ1) is 17.7. The highest BCUT2D eigenvalue weighted by Crippen LogP contribution is 2.32. The van der Waals surface area contributed by atoms with Gasteiger partial charge in [0.1, 0.15) is 0 Å². The van der Waals surface area contributed by atoms with E-state index in [0.29, 0.717) is 0 Å². The van der Waals surface area contributed by atoms with E-state index in [-0.39, 0.29) is 30.9 Å². The van der Waals surface area contributed by atoms with Crippen LogP contribution in [-0.4, -0.2) is 35.3 Å². The van der Waals surface area contributed by atoms with Crippen LogP contribution in [0, 0.1) is 0 Å². The summed E-state index contributed by atoms with van der Waals surface area (Å²) in [4.78, 5) is 37.0. The average Bonchev–Trinajstić information content (AvgIpc) is 2.52. The second kappa shape index (κ2) is 7.77. The summed E-state index contributed by atoms with van der Waals surface area (Å²) in [5.74, 6) is -1.02. The zero-order valence-corrected chi connectivity index (χ0v) is 14.1. The van der Waals surface area contributed by atoms with Crippen molar-refractivity contribution < 1.29 is 19.1 Å². The van der Waals surface area contributed by atoms with Crippen LogP contribution in [0.25, 0.3) is 6.08 Å². The van der Waals surface area contributed by atoms with Crippen molar-refractivity contribution in [3.05, 3.63) is 41.6 Å². The summed E-state index contributed by atoms with van der Waals surface area (Å²) < 4.78 is 5.04. The molecule has 0 aliphatic carbocycles. The topological polar surface area (TPSA) is 75.7 Å². The largest absolute Gasteiger partial charge is 0.456 e. The van der Waals surface area contributed by atoms with E-state index in [0.717, 1.165) is 11.1 Å². The molecule has 6 heteroatoms. The number of nitrogens with zero attached hydrogens (tertiary/aromatic N) is 1. The highest BCUT2D eigenvalue weighted by atomic mass is 16.5. The smallest absolute Gasteiger partial charge is 0.308 e. The quantitative estimate of drug-likeness (QED) is 0.838. The molecule has 0 radical (unpaired) electrons. The Hall–Kier alpha value is -2.63. The Balaban J connectivity index is 2.05. The first-order valence-electron chi connectivity index (χ1n) is 7.89. The molecular formula is C18H22N2O4. The van der Waals surface area contributed by atoms with E-state index in [1.807, 2.05) is 44.2 Å². The number of benzene rings is 1.